The molecule has 0 spiro atoms. The first-order valence-corrected chi connectivity index (χ1v) is 13.9. The van der Waals surface area contributed by atoms with Crippen LogP contribution in [-0.2, 0) is 9.53 Å². The van der Waals surface area contributed by atoms with E-state index in [1.165, 1.54) is 0 Å². The molecule has 3 unspecified atom stereocenters. The Morgan fingerprint density at radius 3 is 2.61 bits per heavy atom. The highest BCUT2D eigenvalue weighted by Crippen LogP contribution is 2.38. The first-order valence-electron chi connectivity index (χ1n) is 13.9. The summed E-state index contributed by atoms with van der Waals surface area (Å²) in [6, 6.07) is 8.66. The molecule has 4 rings (SSSR count). The highest BCUT2D eigenvalue weighted by Gasteiger charge is 2.34. The van der Waals surface area contributed by atoms with E-state index in [0.29, 0.717) is 42.7 Å². The summed E-state index contributed by atoms with van der Waals surface area (Å²) >= 11 is 0. The van der Waals surface area contributed by atoms with Gasteiger partial charge in [0.2, 0.25) is 0 Å². The van der Waals surface area contributed by atoms with Gasteiger partial charge in [0.25, 0.3) is 0 Å². The summed E-state index contributed by atoms with van der Waals surface area (Å²) in [5.74, 6) is 1.11. The fraction of sp³-hybridized carbons (Fsp3) is 0.562. The number of Topliss-reactive ketones (excluding diaryl/α,β-unsaturated/α-hetero) is 2. The highest BCUT2D eigenvalue weighted by molar-refractivity contribution is 6.10. The van der Waals surface area contributed by atoms with Crippen LogP contribution < -0.4 is 0 Å². The Hall–Kier alpha value is -2.73. The van der Waals surface area contributed by atoms with Gasteiger partial charge in [0.15, 0.2) is 11.6 Å². The predicted octanol–water partition coefficient (Wildman–Crippen LogP) is 7.14. The first kappa shape index (κ1) is 28.3. The number of alkyl halides is 1. The van der Waals surface area contributed by atoms with E-state index in [4.69, 9.17) is 4.74 Å². The number of carbonyl (C=O) groups excluding carboxylic acids is 2. The molecule has 1 aliphatic heterocycles. The molecule has 0 N–H and O–H groups in total. The fourth-order valence-corrected chi connectivity index (χ4v) is 6.56. The van der Waals surface area contributed by atoms with E-state index in [-0.39, 0.29) is 24.0 Å². The minimum Gasteiger partial charge on any atom is -0.496 e. The molecule has 2 aromatic rings. The molecule has 0 bridgehead atoms. The Balaban J connectivity index is 1.58. The molecule has 6 heteroatoms. The number of ketones is 2. The second-order valence-electron chi connectivity index (χ2n) is 12.0. The Bertz CT molecular complexity index is 1280. The summed E-state index contributed by atoms with van der Waals surface area (Å²) in [6.07, 6.45) is 4.92. The van der Waals surface area contributed by atoms with E-state index in [2.05, 4.69) is 29.4 Å². The van der Waals surface area contributed by atoms with Crippen LogP contribution in [0, 0.1) is 12.8 Å². The summed E-state index contributed by atoms with van der Waals surface area (Å²) in [5, 5.41) is 0.971. The summed E-state index contributed by atoms with van der Waals surface area (Å²) in [6.45, 7) is 13.1. The van der Waals surface area contributed by atoms with Crippen LogP contribution in [0.4, 0.5) is 4.39 Å². The van der Waals surface area contributed by atoms with E-state index < -0.39 is 5.67 Å². The summed E-state index contributed by atoms with van der Waals surface area (Å²) in [7, 11) is 1.57. The van der Waals surface area contributed by atoms with Crippen LogP contribution in [0.2, 0.25) is 0 Å². The van der Waals surface area contributed by atoms with Gasteiger partial charge in [-0.2, -0.15) is 0 Å². The number of methoxy groups -OCH3 is 1. The molecule has 0 amide bonds. The molecule has 38 heavy (non-hydrogen) atoms. The third kappa shape index (κ3) is 5.80. The highest BCUT2D eigenvalue weighted by atomic mass is 19.1. The van der Waals surface area contributed by atoms with Crippen molar-refractivity contribution in [2.24, 2.45) is 5.92 Å². The number of piperidine rings is 1. The van der Waals surface area contributed by atoms with E-state index in [0.717, 1.165) is 47.1 Å². The molecule has 1 fully saturated rings. The zero-order chi connectivity index (χ0) is 27.8. The van der Waals surface area contributed by atoms with Gasteiger partial charge in [0.05, 0.1) is 7.11 Å². The van der Waals surface area contributed by atoms with Gasteiger partial charge >= 0.3 is 0 Å². The Morgan fingerprint density at radius 2 is 1.95 bits per heavy atom. The maximum absolute atomic E-state index is 14.3. The van der Waals surface area contributed by atoms with Crippen molar-refractivity contribution in [3.8, 4) is 0 Å². The zero-order valence-electron chi connectivity index (χ0n) is 24.1. The lowest BCUT2D eigenvalue weighted by Gasteiger charge is -2.42. The van der Waals surface area contributed by atoms with E-state index >= 15 is 0 Å². The molecular weight excluding hydrogens is 479 g/mol. The monoisotopic (exact) mass is 522 g/mol. The quantitative estimate of drug-likeness (QED) is 0.328. The number of likely N-dealkylation sites (tertiary alicyclic amines) is 1. The number of para-hydroxylation sites is 1. The average molecular weight is 523 g/mol. The van der Waals surface area contributed by atoms with Gasteiger partial charge < -0.3 is 9.30 Å². The predicted molar refractivity (Wildman–Crippen MR) is 151 cm³/mol. The summed E-state index contributed by atoms with van der Waals surface area (Å²) in [4.78, 5) is 28.6. The molecule has 1 aromatic heterocycles. The molecular formula is C32H43FN2O3. The van der Waals surface area contributed by atoms with E-state index in [1.54, 1.807) is 21.0 Å². The molecule has 0 saturated carbocycles. The smallest absolute Gasteiger partial charge is 0.166 e. The lowest BCUT2D eigenvalue weighted by Crippen LogP contribution is -2.47. The van der Waals surface area contributed by atoms with Gasteiger partial charge in [-0.25, -0.2) is 4.39 Å². The van der Waals surface area contributed by atoms with Crippen molar-refractivity contribution in [1.29, 1.82) is 0 Å². The van der Waals surface area contributed by atoms with Gasteiger partial charge in [0, 0.05) is 59.2 Å². The zero-order valence-corrected chi connectivity index (χ0v) is 24.1. The molecule has 1 aliphatic carbocycles. The summed E-state index contributed by atoms with van der Waals surface area (Å²) < 4.78 is 22.1. The number of hydrogen-bond donors (Lipinski definition) is 0. The van der Waals surface area contributed by atoms with E-state index in [1.807, 2.05) is 38.1 Å². The van der Waals surface area contributed by atoms with Crippen molar-refractivity contribution in [3.63, 3.8) is 0 Å². The van der Waals surface area contributed by atoms with Gasteiger partial charge in [-0.05, 0) is 85.4 Å². The molecule has 206 valence electrons. The SMILES string of the molecule is COC1=C(CCC(=O)c2c(C)n(C(C)C3CCN(CC(C)(C)F)C(C)C3)c3ccccc23)C(=O)CC(C)=C1. The van der Waals surface area contributed by atoms with Crippen molar-refractivity contribution >= 4 is 22.5 Å². The van der Waals surface area contributed by atoms with Gasteiger partial charge in [-0.3, -0.25) is 14.5 Å². The average Bonchev–Trinajstić information content (AvgIpc) is 3.14. The number of ether oxygens (including phenoxy) is 1. The minimum atomic E-state index is -1.20. The van der Waals surface area contributed by atoms with E-state index in [9.17, 15) is 14.0 Å². The molecule has 1 aromatic carbocycles. The lowest BCUT2D eigenvalue weighted by molar-refractivity contribution is -0.115. The van der Waals surface area contributed by atoms with Gasteiger partial charge in [-0.15, -0.1) is 0 Å². The molecule has 1 saturated heterocycles. The molecule has 2 heterocycles. The second-order valence-corrected chi connectivity index (χ2v) is 12.0. The third-order valence-electron chi connectivity index (χ3n) is 8.43. The second kappa shape index (κ2) is 11.2. The number of carbonyl (C=O) groups is 2. The number of hydrogen-bond acceptors (Lipinski definition) is 4. The van der Waals surface area contributed by atoms with Gasteiger partial charge in [-0.1, -0.05) is 23.8 Å². The fourth-order valence-electron chi connectivity index (χ4n) is 6.56. The Kier molecular flexibility index (Phi) is 8.32. The lowest BCUT2D eigenvalue weighted by atomic mass is 9.85. The number of benzene rings is 1. The van der Waals surface area contributed by atoms with Crippen LogP contribution in [0.5, 0.6) is 0 Å². The van der Waals surface area contributed by atoms with Crippen LogP contribution in [0.15, 0.2) is 47.2 Å². The van der Waals surface area contributed by atoms with Crippen molar-refractivity contribution in [1.82, 2.24) is 9.47 Å². The number of rotatable bonds is 9. The van der Waals surface area contributed by atoms with Crippen molar-refractivity contribution in [2.75, 3.05) is 20.2 Å². The molecule has 5 nitrogen and oxygen atoms in total. The van der Waals surface area contributed by atoms with Gasteiger partial charge in [0.1, 0.15) is 11.4 Å². The standard InChI is InChI=1S/C32H43FN2O3/c1-20-16-29(37)26(30(17-20)38-7)12-13-28(36)31-23(4)35(27-11-9-8-10-25(27)31)22(3)24-14-15-34(21(2)18-24)19-32(5,6)33/h8-11,17,21-22,24H,12-16,18-19H2,1-7H3. The third-order valence-corrected chi connectivity index (χ3v) is 8.43. The normalized spacial score (nSPS) is 22.1. The number of fused-ring (bicyclic) bond motifs is 1. The Morgan fingerprint density at radius 1 is 1.24 bits per heavy atom. The Labute approximate surface area is 226 Å². The van der Waals surface area contributed by atoms with Crippen LogP contribution in [0.3, 0.4) is 0 Å². The first-order chi connectivity index (χ1) is 17.9. The number of allylic oxidation sites excluding steroid dienone is 3. The molecule has 3 atom stereocenters. The topological polar surface area (TPSA) is 51.5 Å². The number of halogens is 1. The van der Waals surface area contributed by atoms with Crippen molar-refractivity contribution in [2.45, 2.75) is 91.4 Å². The van der Waals surface area contributed by atoms with Crippen LogP contribution >= 0.6 is 0 Å². The van der Waals surface area contributed by atoms with Crippen molar-refractivity contribution < 1.29 is 18.7 Å². The van der Waals surface area contributed by atoms with Crippen molar-refractivity contribution in [3.05, 3.63) is 58.5 Å². The largest absolute Gasteiger partial charge is 0.496 e. The minimum absolute atomic E-state index is 0.0408. The van der Waals surface area contributed by atoms with Crippen LogP contribution in [0.25, 0.3) is 10.9 Å². The maximum Gasteiger partial charge on any atom is 0.166 e. The molecule has 2 aliphatic rings. The van der Waals surface area contributed by atoms with Crippen LogP contribution in [-0.4, -0.2) is 52.9 Å². The number of aromatic nitrogens is 1. The summed E-state index contributed by atoms with van der Waals surface area (Å²) in [5.41, 5.74) is 3.20. The molecule has 0 radical (unpaired) electrons. The number of nitrogens with zero attached hydrogens (tertiary/aromatic N) is 2. The maximum atomic E-state index is 14.3. The van der Waals surface area contributed by atoms with Crippen LogP contribution in [0.1, 0.15) is 88.8 Å².